The van der Waals surface area contributed by atoms with Crippen LogP contribution in [0.1, 0.15) is 5.69 Å². The van der Waals surface area contributed by atoms with Gasteiger partial charge in [0.15, 0.2) is 5.16 Å². The molecule has 3 heterocycles. The number of rotatable bonds is 4. The Hall–Kier alpha value is -1.87. The zero-order chi connectivity index (χ0) is 15.5. The summed E-state index contributed by atoms with van der Waals surface area (Å²) in [7, 11) is 3.99. The van der Waals surface area contributed by atoms with Gasteiger partial charge in [-0.1, -0.05) is 11.8 Å². The highest BCUT2D eigenvalue weighted by atomic mass is 32.2. The van der Waals surface area contributed by atoms with Gasteiger partial charge in [-0.3, -0.25) is 9.78 Å². The number of H-pyrrole nitrogens is 1. The normalized spacial score (nSPS) is 16.2. The maximum atomic E-state index is 11.9. The highest BCUT2D eigenvalue weighted by Crippen LogP contribution is 2.19. The molecule has 0 saturated carbocycles. The van der Waals surface area contributed by atoms with E-state index in [-0.39, 0.29) is 5.56 Å². The molecule has 1 aliphatic rings. The summed E-state index contributed by atoms with van der Waals surface area (Å²) in [5.74, 6) is 1.26. The largest absolute Gasteiger partial charge is 0.340 e. The molecule has 1 aliphatic heterocycles. The Morgan fingerprint density at radius 3 is 2.73 bits per heavy atom. The molecular formula is C13H19N7OS. The molecule has 0 aromatic carbocycles. The van der Waals surface area contributed by atoms with Crippen LogP contribution in [0.15, 0.2) is 22.3 Å². The lowest BCUT2D eigenvalue weighted by molar-refractivity contribution is 0.311. The fourth-order valence-electron chi connectivity index (χ4n) is 2.28. The summed E-state index contributed by atoms with van der Waals surface area (Å²) in [5, 5.41) is 8.67. The number of piperazine rings is 1. The monoisotopic (exact) mass is 321 g/mol. The maximum absolute atomic E-state index is 11.9. The van der Waals surface area contributed by atoms with Crippen LogP contribution in [0.3, 0.4) is 0 Å². The van der Waals surface area contributed by atoms with E-state index in [1.165, 1.54) is 11.8 Å². The molecule has 9 heteroatoms. The average Bonchev–Trinajstić information content (AvgIpc) is 2.91. The van der Waals surface area contributed by atoms with E-state index in [1.807, 2.05) is 11.6 Å². The van der Waals surface area contributed by atoms with E-state index in [1.54, 1.807) is 12.4 Å². The van der Waals surface area contributed by atoms with Gasteiger partial charge in [0.2, 0.25) is 5.95 Å². The van der Waals surface area contributed by atoms with Gasteiger partial charge >= 0.3 is 0 Å². The standard InChI is InChI=1S/C13H19N7OS/c1-18-3-5-20(6-4-18)12-15-10(7-11(21)16-12)8-22-13-17-14-9-19(13)2/h7,9H,3-6,8H2,1-2H3,(H,15,16,21). The van der Waals surface area contributed by atoms with Gasteiger partial charge in [-0.25, -0.2) is 4.98 Å². The van der Waals surface area contributed by atoms with Gasteiger partial charge in [-0.05, 0) is 7.05 Å². The van der Waals surface area contributed by atoms with Gasteiger partial charge in [0.25, 0.3) is 5.56 Å². The number of thioether (sulfide) groups is 1. The van der Waals surface area contributed by atoms with Crippen LogP contribution in [0, 0.1) is 0 Å². The fraction of sp³-hybridized carbons (Fsp3) is 0.538. The number of hydrogen-bond donors (Lipinski definition) is 1. The van der Waals surface area contributed by atoms with Crippen molar-refractivity contribution >= 4 is 17.7 Å². The van der Waals surface area contributed by atoms with E-state index in [0.717, 1.165) is 37.0 Å². The minimum Gasteiger partial charge on any atom is -0.340 e. The van der Waals surface area contributed by atoms with E-state index in [0.29, 0.717) is 11.7 Å². The Morgan fingerprint density at radius 2 is 2.05 bits per heavy atom. The molecule has 2 aromatic heterocycles. The number of nitrogens with zero attached hydrogens (tertiary/aromatic N) is 6. The number of likely N-dealkylation sites (N-methyl/N-ethyl adjacent to an activating group) is 1. The third-order valence-corrected chi connectivity index (χ3v) is 4.67. The highest BCUT2D eigenvalue weighted by molar-refractivity contribution is 7.98. The van der Waals surface area contributed by atoms with Crippen molar-refractivity contribution in [2.75, 3.05) is 38.1 Å². The summed E-state index contributed by atoms with van der Waals surface area (Å²) in [6.07, 6.45) is 1.66. The third-order valence-electron chi connectivity index (χ3n) is 3.60. The lowest BCUT2D eigenvalue weighted by Crippen LogP contribution is -2.45. The van der Waals surface area contributed by atoms with Crippen LogP contribution < -0.4 is 10.5 Å². The number of aromatic amines is 1. The van der Waals surface area contributed by atoms with Crippen molar-refractivity contribution in [1.82, 2.24) is 29.6 Å². The molecular weight excluding hydrogens is 302 g/mol. The second-order valence-corrected chi connectivity index (χ2v) is 6.31. The molecule has 0 amide bonds. The average molecular weight is 321 g/mol. The summed E-state index contributed by atoms with van der Waals surface area (Å²) in [5.41, 5.74) is 0.642. The predicted octanol–water partition coefficient (Wildman–Crippen LogP) is -0.0575. The topological polar surface area (TPSA) is 82.9 Å². The molecule has 3 rings (SSSR count). The van der Waals surface area contributed by atoms with Crippen LogP contribution in [0.25, 0.3) is 0 Å². The quantitative estimate of drug-likeness (QED) is 0.790. The van der Waals surface area contributed by atoms with Crippen LogP contribution in [-0.4, -0.2) is 62.9 Å². The number of anilines is 1. The Bertz CT molecular complexity index is 690. The first-order valence-electron chi connectivity index (χ1n) is 7.12. The van der Waals surface area contributed by atoms with Crippen molar-refractivity contribution in [2.45, 2.75) is 10.9 Å². The van der Waals surface area contributed by atoms with Crippen LogP contribution in [0.4, 0.5) is 5.95 Å². The highest BCUT2D eigenvalue weighted by Gasteiger charge is 2.17. The van der Waals surface area contributed by atoms with Gasteiger partial charge in [-0.2, -0.15) is 0 Å². The number of aromatic nitrogens is 5. The van der Waals surface area contributed by atoms with Gasteiger partial charge in [0.1, 0.15) is 6.33 Å². The number of nitrogens with one attached hydrogen (secondary N) is 1. The third kappa shape index (κ3) is 3.47. The predicted molar refractivity (Wildman–Crippen MR) is 85.1 cm³/mol. The molecule has 0 spiro atoms. The zero-order valence-electron chi connectivity index (χ0n) is 12.7. The zero-order valence-corrected chi connectivity index (χ0v) is 13.5. The fourth-order valence-corrected chi connectivity index (χ4v) is 3.06. The van der Waals surface area contributed by atoms with Gasteiger partial charge in [0.05, 0.1) is 5.69 Å². The van der Waals surface area contributed by atoms with Crippen molar-refractivity contribution in [3.8, 4) is 0 Å². The summed E-state index contributed by atoms with van der Waals surface area (Å²) in [4.78, 5) is 23.7. The molecule has 2 aromatic rings. The first-order valence-corrected chi connectivity index (χ1v) is 8.11. The molecule has 0 bridgehead atoms. The van der Waals surface area contributed by atoms with Gasteiger partial charge in [0, 0.05) is 45.0 Å². The Kier molecular flexibility index (Phi) is 4.44. The van der Waals surface area contributed by atoms with Crippen molar-refractivity contribution in [3.05, 3.63) is 28.4 Å². The van der Waals surface area contributed by atoms with Crippen molar-refractivity contribution in [3.63, 3.8) is 0 Å². The molecule has 1 N–H and O–H groups in total. The molecule has 0 aliphatic carbocycles. The Labute approximate surface area is 132 Å². The van der Waals surface area contributed by atoms with Crippen LogP contribution in [-0.2, 0) is 12.8 Å². The van der Waals surface area contributed by atoms with Crippen LogP contribution in [0.2, 0.25) is 0 Å². The molecule has 8 nitrogen and oxygen atoms in total. The van der Waals surface area contributed by atoms with Crippen LogP contribution >= 0.6 is 11.8 Å². The van der Waals surface area contributed by atoms with E-state index >= 15 is 0 Å². The summed E-state index contributed by atoms with van der Waals surface area (Å²) in [6.45, 7) is 3.70. The lowest BCUT2D eigenvalue weighted by atomic mass is 10.3. The minimum absolute atomic E-state index is 0.113. The van der Waals surface area contributed by atoms with E-state index in [9.17, 15) is 4.79 Å². The van der Waals surface area contributed by atoms with E-state index in [2.05, 4.69) is 37.0 Å². The molecule has 0 radical (unpaired) electrons. The second-order valence-electron chi connectivity index (χ2n) is 5.36. The van der Waals surface area contributed by atoms with Crippen molar-refractivity contribution in [1.29, 1.82) is 0 Å². The first-order chi connectivity index (χ1) is 10.6. The Balaban J connectivity index is 1.72. The van der Waals surface area contributed by atoms with E-state index < -0.39 is 0 Å². The first kappa shape index (κ1) is 15.0. The molecule has 22 heavy (non-hydrogen) atoms. The summed E-state index contributed by atoms with van der Waals surface area (Å²) >= 11 is 1.52. The number of aryl methyl sites for hydroxylation is 1. The lowest BCUT2D eigenvalue weighted by Gasteiger charge is -2.32. The van der Waals surface area contributed by atoms with Crippen molar-refractivity contribution in [2.24, 2.45) is 7.05 Å². The molecule has 1 saturated heterocycles. The smallest absolute Gasteiger partial charge is 0.252 e. The van der Waals surface area contributed by atoms with Crippen molar-refractivity contribution < 1.29 is 0 Å². The van der Waals surface area contributed by atoms with E-state index in [4.69, 9.17) is 0 Å². The van der Waals surface area contributed by atoms with Gasteiger partial charge in [-0.15, -0.1) is 10.2 Å². The maximum Gasteiger partial charge on any atom is 0.252 e. The second kappa shape index (κ2) is 6.49. The van der Waals surface area contributed by atoms with Gasteiger partial charge < -0.3 is 14.4 Å². The molecule has 0 atom stereocenters. The summed E-state index contributed by atoms with van der Waals surface area (Å²) < 4.78 is 1.85. The number of hydrogen-bond acceptors (Lipinski definition) is 7. The minimum atomic E-state index is -0.113. The molecule has 1 fully saturated rings. The molecule has 0 unspecified atom stereocenters. The van der Waals surface area contributed by atoms with Crippen LogP contribution in [0.5, 0.6) is 0 Å². The SMILES string of the molecule is CN1CCN(c2nc(CSc3nncn3C)cc(=O)[nH]2)CC1. The summed E-state index contributed by atoms with van der Waals surface area (Å²) in [6, 6.07) is 1.54. The molecule has 118 valence electrons. The Morgan fingerprint density at radius 1 is 1.27 bits per heavy atom.